The van der Waals surface area contributed by atoms with Crippen LogP contribution in [-0.4, -0.2) is 9.78 Å². The number of hydrogen-bond acceptors (Lipinski definition) is 1. The molecule has 2 aromatic rings. The number of rotatable bonds is 3. The molecule has 1 fully saturated rings. The molecule has 3 rings (SSSR count). The molecule has 0 amide bonds. The van der Waals surface area contributed by atoms with Crippen molar-refractivity contribution < 1.29 is 0 Å². The van der Waals surface area contributed by atoms with Gasteiger partial charge in [-0.3, -0.25) is 0 Å². The Morgan fingerprint density at radius 2 is 2.12 bits per heavy atom. The van der Waals surface area contributed by atoms with Crippen LogP contribution in [0.4, 0.5) is 0 Å². The summed E-state index contributed by atoms with van der Waals surface area (Å²) in [6.07, 6.45) is 4.63. The lowest BCUT2D eigenvalue weighted by atomic mass is 10.2. The monoisotopic (exact) mass is 354 g/mol. The molecular weight excluding hydrogens is 344 g/mol. The molecule has 1 saturated carbocycles. The minimum absolute atomic E-state index is 0.710. The summed E-state index contributed by atoms with van der Waals surface area (Å²) in [7, 11) is 0. The van der Waals surface area contributed by atoms with E-state index in [4.69, 9.17) is 0 Å². The molecule has 2 nitrogen and oxygen atoms in total. The van der Waals surface area contributed by atoms with E-state index in [9.17, 15) is 0 Å². The average Bonchev–Trinajstić information content (AvgIpc) is 3.07. The maximum Gasteiger partial charge on any atom is 0.0659 e. The molecule has 0 atom stereocenters. The summed E-state index contributed by atoms with van der Waals surface area (Å²) in [6.45, 7) is 0. The average molecular weight is 356 g/mol. The first-order chi connectivity index (χ1) is 8.28. The highest BCUT2D eigenvalue weighted by atomic mass is 79.9. The summed E-state index contributed by atoms with van der Waals surface area (Å²) in [5, 5.41) is 5.48. The van der Waals surface area contributed by atoms with Gasteiger partial charge in [0.05, 0.1) is 11.4 Å². The molecular formula is C13H12Br2N2. The molecule has 0 spiro atoms. The molecule has 1 aliphatic rings. The third kappa shape index (κ3) is 2.33. The van der Waals surface area contributed by atoms with Crippen molar-refractivity contribution in [3.8, 4) is 5.69 Å². The third-order valence-corrected chi connectivity index (χ3v) is 4.39. The highest BCUT2D eigenvalue weighted by Gasteiger charge is 2.25. The normalized spacial score (nSPS) is 15.2. The van der Waals surface area contributed by atoms with E-state index in [0.29, 0.717) is 5.92 Å². The first-order valence-corrected chi connectivity index (χ1v) is 7.59. The first kappa shape index (κ1) is 11.5. The summed E-state index contributed by atoms with van der Waals surface area (Å²) in [4.78, 5) is 0. The molecule has 88 valence electrons. The molecule has 1 aromatic carbocycles. The second kappa shape index (κ2) is 4.58. The van der Waals surface area contributed by atoms with E-state index in [1.165, 1.54) is 24.1 Å². The molecule has 0 radical (unpaired) electrons. The number of aromatic nitrogens is 2. The summed E-state index contributed by atoms with van der Waals surface area (Å²) < 4.78 is 3.08. The number of alkyl halides is 1. The van der Waals surface area contributed by atoms with Gasteiger partial charge >= 0.3 is 0 Å². The van der Waals surface area contributed by atoms with Crippen molar-refractivity contribution in [3.05, 3.63) is 46.2 Å². The molecule has 0 saturated heterocycles. The Balaban J connectivity index is 1.93. The lowest BCUT2D eigenvalue weighted by molar-refractivity contribution is 0.836. The summed E-state index contributed by atoms with van der Waals surface area (Å²) in [5.41, 5.74) is 3.59. The van der Waals surface area contributed by atoms with Gasteiger partial charge in [0.1, 0.15) is 0 Å². The minimum Gasteiger partial charge on any atom is -0.241 e. The van der Waals surface area contributed by atoms with Gasteiger partial charge < -0.3 is 0 Å². The van der Waals surface area contributed by atoms with Crippen molar-refractivity contribution in [1.82, 2.24) is 9.78 Å². The van der Waals surface area contributed by atoms with E-state index in [1.807, 2.05) is 10.9 Å². The second-order valence-electron chi connectivity index (χ2n) is 4.37. The first-order valence-electron chi connectivity index (χ1n) is 5.68. The topological polar surface area (TPSA) is 17.8 Å². The summed E-state index contributed by atoms with van der Waals surface area (Å²) in [5.74, 6) is 0.710. The van der Waals surface area contributed by atoms with Gasteiger partial charge in [-0.15, -0.1) is 0 Å². The van der Waals surface area contributed by atoms with E-state index < -0.39 is 0 Å². The highest BCUT2D eigenvalue weighted by molar-refractivity contribution is 9.10. The van der Waals surface area contributed by atoms with Crippen LogP contribution < -0.4 is 0 Å². The molecule has 17 heavy (non-hydrogen) atoms. The Morgan fingerprint density at radius 3 is 2.76 bits per heavy atom. The van der Waals surface area contributed by atoms with Crippen LogP contribution in [0.5, 0.6) is 0 Å². The van der Waals surface area contributed by atoms with Crippen LogP contribution in [-0.2, 0) is 5.33 Å². The second-order valence-corrected chi connectivity index (χ2v) is 5.78. The van der Waals surface area contributed by atoms with Crippen LogP contribution in [0, 0.1) is 0 Å². The van der Waals surface area contributed by atoms with Crippen molar-refractivity contribution in [3.63, 3.8) is 0 Å². The van der Waals surface area contributed by atoms with Gasteiger partial charge in [-0.1, -0.05) is 37.9 Å². The van der Waals surface area contributed by atoms with Crippen LogP contribution in [0.25, 0.3) is 5.69 Å². The van der Waals surface area contributed by atoms with Crippen LogP contribution in [0.1, 0.15) is 30.0 Å². The van der Waals surface area contributed by atoms with E-state index in [1.54, 1.807) is 0 Å². The lowest BCUT2D eigenvalue weighted by Gasteiger charge is -2.05. The predicted octanol–water partition coefficient (Wildman–Crippen LogP) is 4.41. The van der Waals surface area contributed by atoms with Gasteiger partial charge in [0, 0.05) is 21.9 Å². The van der Waals surface area contributed by atoms with Gasteiger partial charge in [-0.2, -0.15) is 5.10 Å². The van der Waals surface area contributed by atoms with Gasteiger partial charge in [-0.05, 0) is 36.6 Å². The van der Waals surface area contributed by atoms with Crippen LogP contribution in [0.2, 0.25) is 0 Å². The van der Waals surface area contributed by atoms with Crippen molar-refractivity contribution in [2.24, 2.45) is 0 Å². The SMILES string of the molecule is BrCc1ccc(-n2ccc(C3CC3)n2)cc1Br. The Kier molecular flexibility index (Phi) is 3.09. The Morgan fingerprint density at radius 1 is 1.29 bits per heavy atom. The summed E-state index contributed by atoms with van der Waals surface area (Å²) >= 11 is 7.05. The molecule has 1 aliphatic carbocycles. The van der Waals surface area contributed by atoms with Gasteiger partial charge in [0.2, 0.25) is 0 Å². The maximum absolute atomic E-state index is 4.62. The molecule has 1 heterocycles. The highest BCUT2D eigenvalue weighted by Crippen LogP contribution is 2.39. The lowest BCUT2D eigenvalue weighted by Crippen LogP contribution is -1.96. The predicted molar refractivity (Wildman–Crippen MR) is 75.9 cm³/mol. The smallest absolute Gasteiger partial charge is 0.0659 e. The molecule has 1 aromatic heterocycles. The quantitative estimate of drug-likeness (QED) is 0.746. The maximum atomic E-state index is 4.62. The van der Waals surface area contributed by atoms with Crippen molar-refractivity contribution in [2.45, 2.75) is 24.1 Å². The molecule has 0 aliphatic heterocycles. The fourth-order valence-electron chi connectivity index (χ4n) is 1.87. The van der Waals surface area contributed by atoms with E-state index in [2.05, 4.69) is 61.2 Å². The number of benzene rings is 1. The zero-order valence-corrected chi connectivity index (χ0v) is 12.4. The molecule has 0 bridgehead atoms. The fraction of sp³-hybridized carbons (Fsp3) is 0.308. The van der Waals surface area contributed by atoms with Crippen molar-refractivity contribution >= 4 is 31.9 Å². The van der Waals surface area contributed by atoms with E-state index in [0.717, 1.165) is 15.5 Å². The number of nitrogens with zero attached hydrogens (tertiary/aromatic N) is 2. The standard InChI is InChI=1S/C13H12Br2N2/c14-8-10-3-4-11(7-12(10)15)17-6-5-13(16-17)9-1-2-9/h3-7,9H,1-2,8H2. The third-order valence-electron chi connectivity index (χ3n) is 3.05. The molecule has 0 unspecified atom stereocenters. The molecule has 0 N–H and O–H groups in total. The Hall–Kier alpha value is -0.610. The zero-order chi connectivity index (χ0) is 11.8. The number of halogens is 2. The van der Waals surface area contributed by atoms with Gasteiger partial charge in [-0.25, -0.2) is 4.68 Å². The molecule has 4 heteroatoms. The Labute approximate surface area is 117 Å². The van der Waals surface area contributed by atoms with Crippen LogP contribution in [0.15, 0.2) is 34.9 Å². The number of hydrogen-bond donors (Lipinski definition) is 0. The van der Waals surface area contributed by atoms with E-state index in [-0.39, 0.29) is 0 Å². The van der Waals surface area contributed by atoms with Crippen molar-refractivity contribution in [2.75, 3.05) is 0 Å². The van der Waals surface area contributed by atoms with Gasteiger partial charge in [0.15, 0.2) is 0 Å². The van der Waals surface area contributed by atoms with Crippen LogP contribution in [0.3, 0.4) is 0 Å². The fourth-order valence-corrected chi connectivity index (χ4v) is 3.24. The Bertz CT molecular complexity index is 544. The van der Waals surface area contributed by atoms with Gasteiger partial charge in [0.25, 0.3) is 0 Å². The zero-order valence-electron chi connectivity index (χ0n) is 9.24. The minimum atomic E-state index is 0.710. The van der Waals surface area contributed by atoms with E-state index >= 15 is 0 Å². The van der Waals surface area contributed by atoms with Crippen LogP contribution >= 0.6 is 31.9 Å². The summed E-state index contributed by atoms with van der Waals surface area (Å²) in [6, 6.07) is 8.46. The van der Waals surface area contributed by atoms with Crippen molar-refractivity contribution in [1.29, 1.82) is 0 Å². The largest absolute Gasteiger partial charge is 0.241 e.